The summed E-state index contributed by atoms with van der Waals surface area (Å²) in [6.07, 6.45) is 1.37. The Labute approximate surface area is 154 Å². The lowest BCUT2D eigenvalue weighted by Gasteiger charge is -2.34. The molecule has 2 N–H and O–H groups in total. The summed E-state index contributed by atoms with van der Waals surface area (Å²) in [5.41, 5.74) is 0.557. The number of hydrogen-bond acceptors (Lipinski definition) is 3. The Bertz CT molecular complexity index is 633. The van der Waals surface area contributed by atoms with Gasteiger partial charge in [-0.25, -0.2) is 4.79 Å². The van der Waals surface area contributed by atoms with Crippen LogP contribution in [0.1, 0.15) is 26.7 Å². The number of para-hydroxylation sites is 1. The molecule has 0 aliphatic carbocycles. The standard InChI is InChI=1S/C19H27N3O4/c1-14(2)11-20-19(26)21-10-6-7-15(12-21)18(25)22(13-17(23)24)16-8-4-3-5-9-16/h3-5,8-9,14-15H,6-7,10-13H2,1-2H3,(H,20,26)(H,23,24). The van der Waals surface area contributed by atoms with Crippen LogP contribution in [0.25, 0.3) is 0 Å². The Balaban J connectivity index is 2.07. The molecule has 0 aromatic heterocycles. The van der Waals surface area contributed by atoms with Crippen molar-refractivity contribution in [3.05, 3.63) is 30.3 Å². The molecule has 1 aromatic rings. The Morgan fingerprint density at radius 3 is 2.58 bits per heavy atom. The van der Waals surface area contributed by atoms with E-state index in [-0.39, 0.29) is 18.5 Å². The highest BCUT2D eigenvalue weighted by Crippen LogP contribution is 2.23. The molecule has 1 saturated heterocycles. The van der Waals surface area contributed by atoms with Crippen LogP contribution >= 0.6 is 0 Å². The van der Waals surface area contributed by atoms with Crippen LogP contribution < -0.4 is 10.2 Å². The number of likely N-dealkylation sites (tertiary alicyclic amines) is 1. The van der Waals surface area contributed by atoms with Gasteiger partial charge in [0.15, 0.2) is 0 Å². The predicted octanol–water partition coefficient (Wildman–Crippen LogP) is 2.18. The molecule has 1 fully saturated rings. The highest BCUT2D eigenvalue weighted by molar-refractivity contribution is 5.99. The van der Waals surface area contributed by atoms with Crippen LogP contribution in [0.3, 0.4) is 0 Å². The molecule has 0 radical (unpaired) electrons. The zero-order valence-corrected chi connectivity index (χ0v) is 15.4. The van der Waals surface area contributed by atoms with Crippen LogP contribution in [-0.2, 0) is 9.59 Å². The lowest BCUT2D eigenvalue weighted by atomic mass is 9.96. The third kappa shape index (κ3) is 5.47. The number of anilines is 1. The van der Waals surface area contributed by atoms with Crippen molar-refractivity contribution >= 4 is 23.6 Å². The molecule has 26 heavy (non-hydrogen) atoms. The van der Waals surface area contributed by atoms with Crippen molar-refractivity contribution in [1.82, 2.24) is 10.2 Å². The van der Waals surface area contributed by atoms with Crippen LogP contribution in [0, 0.1) is 11.8 Å². The molecule has 1 aliphatic heterocycles. The van der Waals surface area contributed by atoms with Gasteiger partial charge in [0.05, 0.1) is 5.92 Å². The van der Waals surface area contributed by atoms with Gasteiger partial charge in [-0.15, -0.1) is 0 Å². The summed E-state index contributed by atoms with van der Waals surface area (Å²) in [6.45, 7) is 5.16. The summed E-state index contributed by atoms with van der Waals surface area (Å²) in [7, 11) is 0. The maximum absolute atomic E-state index is 13.0. The van der Waals surface area contributed by atoms with Crippen molar-refractivity contribution in [3.8, 4) is 0 Å². The number of urea groups is 1. The van der Waals surface area contributed by atoms with Crippen molar-refractivity contribution < 1.29 is 19.5 Å². The van der Waals surface area contributed by atoms with Gasteiger partial charge in [0.25, 0.3) is 0 Å². The van der Waals surface area contributed by atoms with E-state index in [1.807, 2.05) is 19.9 Å². The Morgan fingerprint density at radius 2 is 1.96 bits per heavy atom. The molecule has 1 unspecified atom stereocenters. The number of carbonyl (C=O) groups is 3. The Morgan fingerprint density at radius 1 is 1.27 bits per heavy atom. The van der Waals surface area contributed by atoms with Crippen molar-refractivity contribution in [2.45, 2.75) is 26.7 Å². The number of nitrogens with zero attached hydrogens (tertiary/aromatic N) is 2. The molecular weight excluding hydrogens is 334 g/mol. The first-order valence-corrected chi connectivity index (χ1v) is 8.99. The molecule has 1 aliphatic rings. The highest BCUT2D eigenvalue weighted by Gasteiger charge is 2.32. The molecular formula is C19H27N3O4. The molecule has 0 spiro atoms. The average Bonchev–Trinajstić information content (AvgIpc) is 2.64. The summed E-state index contributed by atoms with van der Waals surface area (Å²) < 4.78 is 0. The fourth-order valence-electron chi connectivity index (χ4n) is 3.03. The zero-order valence-electron chi connectivity index (χ0n) is 15.4. The highest BCUT2D eigenvalue weighted by atomic mass is 16.4. The maximum atomic E-state index is 13.0. The van der Waals surface area contributed by atoms with Gasteiger partial charge in [0.2, 0.25) is 5.91 Å². The molecule has 1 heterocycles. The zero-order chi connectivity index (χ0) is 19.1. The van der Waals surface area contributed by atoms with Gasteiger partial charge in [0.1, 0.15) is 6.54 Å². The number of carboxylic acid groups (broad SMARTS) is 1. The van der Waals surface area contributed by atoms with Crippen molar-refractivity contribution in [2.75, 3.05) is 31.1 Å². The number of carboxylic acids is 1. The van der Waals surface area contributed by atoms with E-state index < -0.39 is 11.9 Å². The number of rotatable bonds is 6. The Kier molecular flexibility index (Phi) is 7.00. The number of nitrogens with one attached hydrogen (secondary N) is 1. The monoisotopic (exact) mass is 361 g/mol. The average molecular weight is 361 g/mol. The van der Waals surface area contributed by atoms with E-state index >= 15 is 0 Å². The first kappa shape index (κ1) is 19.8. The Hall–Kier alpha value is -2.57. The minimum atomic E-state index is -1.07. The molecule has 7 nitrogen and oxygen atoms in total. The fraction of sp³-hybridized carbons (Fsp3) is 0.526. The van der Waals surface area contributed by atoms with Crippen LogP contribution in [0.2, 0.25) is 0 Å². The van der Waals surface area contributed by atoms with Crippen molar-refractivity contribution in [1.29, 1.82) is 0 Å². The summed E-state index contributed by atoms with van der Waals surface area (Å²) in [6, 6.07) is 8.62. The summed E-state index contributed by atoms with van der Waals surface area (Å²) in [5.74, 6) is -1.36. The molecule has 7 heteroatoms. The van der Waals surface area contributed by atoms with E-state index in [9.17, 15) is 19.5 Å². The molecule has 142 valence electrons. The topological polar surface area (TPSA) is 90.0 Å². The first-order chi connectivity index (χ1) is 12.4. The number of benzene rings is 1. The quantitative estimate of drug-likeness (QED) is 0.813. The van der Waals surface area contributed by atoms with Gasteiger partial charge >= 0.3 is 12.0 Å². The first-order valence-electron chi connectivity index (χ1n) is 8.99. The number of aliphatic carboxylic acids is 1. The largest absolute Gasteiger partial charge is 0.480 e. The maximum Gasteiger partial charge on any atom is 0.323 e. The fourth-order valence-corrected chi connectivity index (χ4v) is 3.03. The van der Waals surface area contributed by atoms with Crippen LogP contribution in [0.15, 0.2) is 30.3 Å². The molecule has 0 bridgehead atoms. The van der Waals surface area contributed by atoms with E-state index in [4.69, 9.17) is 0 Å². The lowest BCUT2D eigenvalue weighted by Crippen LogP contribution is -2.50. The number of piperidine rings is 1. The van der Waals surface area contributed by atoms with Gasteiger partial charge in [0, 0.05) is 25.3 Å². The van der Waals surface area contributed by atoms with Crippen LogP contribution in [0.5, 0.6) is 0 Å². The third-order valence-electron chi connectivity index (χ3n) is 4.35. The van der Waals surface area contributed by atoms with Gasteiger partial charge in [-0.1, -0.05) is 32.0 Å². The van der Waals surface area contributed by atoms with Crippen LogP contribution in [-0.4, -0.2) is 54.1 Å². The SMILES string of the molecule is CC(C)CNC(=O)N1CCCC(C(=O)N(CC(=O)O)c2ccccc2)C1. The minimum Gasteiger partial charge on any atom is -0.480 e. The number of amides is 3. The summed E-state index contributed by atoms with van der Waals surface area (Å²) in [4.78, 5) is 39.4. The normalized spacial score (nSPS) is 17.0. The second-order valence-electron chi connectivity index (χ2n) is 7.02. The third-order valence-corrected chi connectivity index (χ3v) is 4.35. The lowest BCUT2D eigenvalue weighted by molar-refractivity contribution is -0.137. The van der Waals surface area contributed by atoms with Crippen molar-refractivity contribution in [3.63, 3.8) is 0 Å². The van der Waals surface area contributed by atoms with E-state index in [0.29, 0.717) is 37.7 Å². The number of hydrogen-bond donors (Lipinski definition) is 2. The summed E-state index contributed by atoms with van der Waals surface area (Å²) >= 11 is 0. The van der Waals surface area contributed by atoms with Gasteiger partial charge < -0.3 is 20.2 Å². The van der Waals surface area contributed by atoms with Gasteiger partial charge in [-0.2, -0.15) is 0 Å². The molecule has 0 saturated carbocycles. The van der Waals surface area contributed by atoms with Crippen molar-refractivity contribution in [2.24, 2.45) is 11.8 Å². The van der Waals surface area contributed by atoms with E-state index in [0.717, 1.165) is 6.42 Å². The van der Waals surface area contributed by atoms with Gasteiger partial charge in [-0.3, -0.25) is 9.59 Å². The molecule has 1 aromatic carbocycles. The van der Waals surface area contributed by atoms with Gasteiger partial charge in [-0.05, 0) is 30.9 Å². The van der Waals surface area contributed by atoms with Crippen LogP contribution in [0.4, 0.5) is 10.5 Å². The van der Waals surface area contributed by atoms with E-state index in [1.54, 1.807) is 29.2 Å². The minimum absolute atomic E-state index is 0.166. The smallest absolute Gasteiger partial charge is 0.323 e. The van der Waals surface area contributed by atoms with E-state index in [2.05, 4.69) is 5.32 Å². The number of carbonyl (C=O) groups excluding carboxylic acids is 2. The molecule has 3 amide bonds. The second kappa shape index (κ2) is 9.22. The summed E-state index contributed by atoms with van der Waals surface area (Å²) in [5, 5.41) is 12.1. The molecule has 1 atom stereocenters. The predicted molar refractivity (Wildman–Crippen MR) is 99.0 cm³/mol. The molecule has 2 rings (SSSR count). The van der Waals surface area contributed by atoms with E-state index in [1.165, 1.54) is 4.90 Å². The second-order valence-corrected chi connectivity index (χ2v) is 7.02.